The van der Waals surface area contributed by atoms with Gasteiger partial charge in [-0.3, -0.25) is 0 Å². The minimum atomic E-state index is -3.34. The Labute approximate surface area is 130 Å². The average molecular weight is 321 g/mol. The molecule has 0 unspecified atom stereocenters. The summed E-state index contributed by atoms with van der Waals surface area (Å²) < 4.78 is 27.1. The van der Waals surface area contributed by atoms with Crippen molar-refractivity contribution >= 4 is 26.9 Å². The lowest BCUT2D eigenvalue weighted by Gasteiger charge is -2.36. The molecule has 2 aromatic rings. The van der Waals surface area contributed by atoms with E-state index in [1.807, 2.05) is 24.3 Å². The van der Waals surface area contributed by atoms with Gasteiger partial charge in [-0.25, -0.2) is 9.97 Å². The zero-order valence-corrected chi connectivity index (χ0v) is 13.5. The van der Waals surface area contributed by atoms with Crippen molar-refractivity contribution < 1.29 is 8.42 Å². The van der Waals surface area contributed by atoms with Crippen molar-refractivity contribution in [3.05, 3.63) is 30.6 Å². The van der Waals surface area contributed by atoms with E-state index in [1.165, 1.54) is 8.61 Å². The predicted octanol–water partition coefficient (Wildman–Crippen LogP) is 0.558. The summed E-state index contributed by atoms with van der Waals surface area (Å²) in [7, 11) is -0.230. The molecule has 7 nitrogen and oxygen atoms in total. The van der Waals surface area contributed by atoms with Crippen LogP contribution in [-0.2, 0) is 10.2 Å². The fourth-order valence-electron chi connectivity index (χ4n) is 2.60. The number of para-hydroxylation sites is 1. The van der Waals surface area contributed by atoms with Crippen LogP contribution in [0.4, 0.5) is 5.82 Å². The highest BCUT2D eigenvalue weighted by Crippen LogP contribution is 2.24. The first kappa shape index (κ1) is 15.1. The Morgan fingerprint density at radius 3 is 2.41 bits per heavy atom. The first-order valence-electron chi connectivity index (χ1n) is 7.12. The second-order valence-electron chi connectivity index (χ2n) is 5.39. The lowest BCUT2D eigenvalue weighted by molar-refractivity contribution is 0.355. The van der Waals surface area contributed by atoms with E-state index < -0.39 is 10.2 Å². The van der Waals surface area contributed by atoms with E-state index in [4.69, 9.17) is 0 Å². The van der Waals surface area contributed by atoms with Crippen molar-refractivity contribution in [3.8, 4) is 0 Å². The molecule has 1 aliphatic heterocycles. The molecule has 22 heavy (non-hydrogen) atoms. The van der Waals surface area contributed by atoms with Crippen molar-refractivity contribution in [2.45, 2.75) is 0 Å². The second kappa shape index (κ2) is 5.79. The smallest absolute Gasteiger partial charge is 0.281 e. The summed E-state index contributed by atoms with van der Waals surface area (Å²) in [5, 5.41) is 0.994. The molecule has 3 rings (SSSR count). The highest BCUT2D eigenvalue weighted by molar-refractivity contribution is 7.86. The summed E-state index contributed by atoms with van der Waals surface area (Å²) in [5.41, 5.74) is 0.899. The molecule has 0 radical (unpaired) electrons. The standard InChI is InChI=1S/C14H19N5O2S/c1-17(2)22(20,21)19-9-7-18(8-10-19)14-12-5-3-4-6-13(12)15-11-16-14/h3-6,11H,7-10H2,1-2H3. The number of hydrogen-bond acceptors (Lipinski definition) is 5. The van der Waals surface area contributed by atoms with Crippen LogP contribution in [0.15, 0.2) is 30.6 Å². The summed E-state index contributed by atoms with van der Waals surface area (Å²) in [5.74, 6) is 0.868. The van der Waals surface area contributed by atoms with Gasteiger partial charge < -0.3 is 4.90 Å². The highest BCUT2D eigenvalue weighted by Gasteiger charge is 2.29. The molecule has 0 aliphatic carbocycles. The molecule has 0 N–H and O–H groups in total. The Bertz CT molecular complexity index is 764. The molecule has 2 heterocycles. The number of rotatable bonds is 3. The molecule has 0 saturated carbocycles. The number of benzene rings is 1. The number of nitrogens with zero attached hydrogens (tertiary/aromatic N) is 5. The molecule has 0 bridgehead atoms. The Morgan fingerprint density at radius 1 is 1.05 bits per heavy atom. The zero-order valence-electron chi connectivity index (χ0n) is 12.7. The normalized spacial score (nSPS) is 17.3. The van der Waals surface area contributed by atoms with Crippen LogP contribution in [0.5, 0.6) is 0 Å². The largest absolute Gasteiger partial charge is 0.353 e. The van der Waals surface area contributed by atoms with Gasteiger partial charge in [0.2, 0.25) is 0 Å². The van der Waals surface area contributed by atoms with Gasteiger partial charge in [0.05, 0.1) is 5.52 Å². The monoisotopic (exact) mass is 321 g/mol. The number of aromatic nitrogens is 2. The fraction of sp³-hybridized carbons (Fsp3) is 0.429. The van der Waals surface area contributed by atoms with Crippen LogP contribution in [-0.4, -0.2) is 67.3 Å². The molecule has 0 atom stereocenters. The molecule has 0 spiro atoms. The number of piperazine rings is 1. The van der Waals surface area contributed by atoms with Crippen LogP contribution in [0.3, 0.4) is 0 Å². The van der Waals surface area contributed by atoms with E-state index in [0.717, 1.165) is 16.7 Å². The topological polar surface area (TPSA) is 69.6 Å². The first-order valence-corrected chi connectivity index (χ1v) is 8.52. The van der Waals surface area contributed by atoms with Crippen LogP contribution in [0.25, 0.3) is 10.9 Å². The summed E-state index contributed by atoms with van der Waals surface area (Å²) in [6.07, 6.45) is 1.56. The van der Waals surface area contributed by atoms with Crippen LogP contribution in [0.1, 0.15) is 0 Å². The van der Waals surface area contributed by atoms with E-state index in [2.05, 4.69) is 14.9 Å². The molecule has 1 aromatic carbocycles. The Kier molecular flexibility index (Phi) is 3.98. The zero-order chi connectivity index (χ0) is 15.7. The Hall–Kier alpha value is -1.77. The van der Waals surface area contributed by atoms with E-state index in [-0.39, 0.29) is 0 Å². The first-order chi connectivity index (χ1) is 10.5. The third kappa shape index (κ3) is 2.65. The van der Waals surface area contributed by atoms with Crippen LogP contribution in [0.2, 0.25) is 0 Å². The summed E-state index contributed by atoms with van der Waals surface area (Å²) >= 11 is 0. The van der Waals surface area contributed by atoms with Crippen LogP contribution < -0.4 is 4.90 Å². The quantitative estimate of drug-likeness (QED) is 0.826. The van der Waals surface area contributed by atoms with Crippen molar-refractivity contribution in [2.24, 2.45) is 0 Å². The maximum absolute atomic E-state index is 12.1. The van der Waals surface area contributed by atoms with E-state index in [0.29, 0.717) is 26.2 Å². The molecule has 1 fully saturated rings. The minimum Gasteiger partial charge on any atom is -0.353 e. The molecular weight excluding hydrogens is 302 g/mol. The van der Waals surface area contributed by atoms with Gasteiger partial charge in [-0.05, 0) is 12.1 Å². The number of anilines is 1. The molecule has 118 valence electrons. The Morgan fingerprint density at radius 2 is 1.73 bits per heavy atom. The molecule has 0 amide bonds. The third-order valence-corrected chi connectivity index (χ3v) is 5.79. The van der Waals surface area contributed by atoms with Gasteiger partial charge in [0.1, 0.15) is 12.1 Å². The molecular formula is C14H19N5O2S. The fourth-order valence-corrected chi connectivity index (χ4v) is 3.69. The number of fused-ring (bicyclic) bond motifs is 1. The van der Waals surface area contributed by atoms with E-state index in [1.54, 1.807) is 20.4 Å². The van der Waals surface area contributed by atoms with Gasteiger partial charge in [0.25, 0.3) is 10.2 Å². The summed E-state index contributed by atoms with van der Waals surface area (Å²) in [6.45, 7) is 2.15. The number of hydrogen-bond donors (Lipinski definition) is 0. The van der Waals surface area contributed by atoms with Crippen molar-refractivity contribution in [3.63, 3.8) is 0 Å². The lowest BCUT2D eigenvalue weighted by atomic mass is 10.2. The molecule has 1 aromatic heterocycles. The highest BCUT2D eigenvalue weighted by atomic mass is 32.2. The van der Waals surface area contributed by atoms with Gasteiger partial charge in [-0.1, -0.05) is 12.1 Å². The van der Waals surface area contributed by atoms with E-state index in [9.17, 15) is 8.42 Å². The van der Waals surface area contributed by atoms with E-state index >= 15 is 0 Å². The van der Waals surface area contributed by atoms with Gasteiger partial charge in [0.15, 0.2) is 0 Å². The summed E-state index contributed by atoms with van der Waals surface area (Å²) in [6, 6.07) is 7.85. The average Bonchev–Trinajstić information content (AvgIpc) is 2.54. The van der Waals surface area contributed by atoms with Gasteiger partial charge in [-0.2, -0.15) is 17.0 Å². The third-order valence-electron chi connectivity index (χ3n) is 3.85. The predicted molar refractivity (Wildman–Crippen MR) is 85.9 cm³/mol. The second-order valence-corrected chi connectivity index (χ2v) is 7.53. The van der Waals surface area contributed by atoms with Crippen LogP contribution in [0, 0.1) is 0 Å². The maximum Gasteiger partial charge on any atom is 0.281 e. The molecule has 1 aliphatic rings. The van der Waals surface area contributed by atoms with Crippen molar-refractivity contribution in [1.82, 2.24) is 18.6 Å². The van der Waals surface area contributed by atoms with Crippen molar-refractivity contribution in [2.75, 3.05) is 45.2 Å². The SMILES string of the molecule is CN(C)S(=O)(=O)N1CCN(c2ncnc3ccccc23)CC1. The van der Waals surface area contributed by atoms with Gasteiger partial charge >= 0.3 is 0 Å². The van der Waals surface area contributed by atoms with Crippen molar-refractivity contribution in [1.29, 1.82) is 0 Å². The Balaban J connectivity index is 1.82. The maximum atomic E-state index is 12.1. The molecule has 1 saturated heterocycles. The molecule has 8 heteroatoms. The van der Waals surface area contributed by atoms with Crippen LogP contribution >= 0.6 is 0 Å². The minimum absolute atomic E-state index is 0.457. The lowest BCUT2D eigenvalue weighted by Crippen LogP contribution is -2.51. The van der Waals surface area contributed by atoms with Gasteiger partial charge in [0, 0.05) is 45.7 Å². The van der Waals surface area contributed by atoms with Gasteiger partial charge in [-0.15, -0.1) is 0 Å². The summed E-state index contributed by atoms with van der Waals surface area (Å²) in [4.78, 5) is 10.8.